The molecule has 0 spiro atoms. The highest BCUT2D eigenvalue weighted by Gasteiger charge is 2.23. The zero-order valence-electron chi connectivity index (χ0n) is 14.3. The van der Waals surface area contributed by atoms with Crippen molar-refractivity contribution in [2.24, 2.45) is 0 Å². The predicted molar refractivity (Wildman–Crippen MR) is 102 cm³/mol. The van der Waals surface area contributed by atoms with E-state index in [9.17, 15) is 0 Å². The van der Waals surface area contributed by atoms with Gasteiger partial charge >= 0.3 is 0 Å². The molecule has 0 atom stereocenters. The second kappa shape index (κ2) is 6.44. The summed E-state index contributed by atoms with van der Waals surface area (Å²) in [4.78, 5) is 1.28. The minimum atomic E-state index is 1.01. The number of aromatic nitrogens is 2. The third kappa shape index (κ3) is 2.65. The number of nitrogens with one attached hydrogen (secondary N) is 1. The Balaban J connectivity index is 1.93. The minimum absolute atomic E-state index is 1.01. The smallest absolute Gasteiger partial charge is 0.133 e. The van der Waals surface area contributed by atoms with Gasteiger partial charge in [-0.15, -0.1) is 11.3 Å². The fourth-order valence-corrected chi connectivity index (χ4v) is 4.36. The lowest BCUT2D eigenvalue weighted by molar-refractivity contribution is 0.779. The maximum atomic E-state index is 5.06. The summed E-state index contributed by atoms with van der Waals surface area (Å²) in [5.41, 5.74) is 6.38. The predicted octanol–water partition coefficient (Wildman–Crippen LogP) is 5.22. The number of thiophene rings is 1. The fraction of sp³-hybridized carbons (Fsp3) is 0.350. The van der Waals surface area contributed by atoms with E-state index in [0.717, 1.165) is 25.1 Å². The molecule has 0 fully saturated rings. The quantitative estimate of drug-likeness (QED) is 0.710. The SMILES string of the molecule is CCc1ccccc1-n1nc(-c2cc(C)cs2)c2c1NCCCC2. The number of hydrogen-bond acceptors (Lipinski definition) is 3. The molecule has 3 aromatic rings. The molecule has 0 radical (unpaired) electrons. The van der Waals surface area contributed by atoms with E-state index in [4.69, 9.17) is 5.10 Å². The van der Waals surface area contributed by atoms with Crippen LogP contribution in [-0.4, -0.2) is 16.3 Å². The first-order valence-corrected chi connectivity index (χ1v) is 9.65. The number of rotatable bonds is 3. The number of nitrogens with zero attached hydrogens (tertiary/aromatic N) is 2. The van der Waals surface area contributed by atoms with Gasteiger partial charge in [-0.2, -0.15) is 5.10 Å². The molecule has 0 amide bonds. The van der Waals surface area contributed by atoms with Gasteiger partial charge < -0.3 is 5.32 Å². The average molecular weight is 337 g/mol. The Bertz CT molecular complexity index is 860. The van der Waals surface area contributed by atoms with Crippen molar-refractivity contribution in [2.45, 2.75) is 39.5 Å². The first kappa shape index (κ1) is 15.5. The van der Waals surface area contributed by atoms with Crippen LogP contribution >= 0.6 is 11.3 Å². The summed E-state index contributed by atoms with van der Waals surface area (Å²) >= 11 is 1.80. The van der Waals surface area contributed by atoms with Crippen LogP contribution in [0.5, 0.6) is 0 Å². The summed E-state index contributed by atoms with van der Waals surface area (Å²) in [6, 6.07) is 10.9. The van der Waals surface area contributed by atoms with Gasteiger partial charge in [0.2, 0.25) is 0 Å². The zero-order chi connectivity index (χ0) is 16.5. The maximum Gasteiger partial charge on any atom is 0.133 e. The van der Waals surface area contributed by atoms with E-state index in [1.54, 1.807) is 11.3 Å². The van der Waals surface area contributed by atoms with Crippen LogP contribution in [-0.2, 0) is 12.8 Å². The molecule has 3 heterocycles. The van der Waals surface area contributed by atoms with Gasteiger partial charge in [0, 0.05) is 12.1 Å². The molecule has 24 heavy (non-hydrogen) atoms. The molecule has 4 rings (SSSR count). The van der Waals surface area contributed by atoms with Crippen LogP contribution in [0.3, 0.4) is 0 Å². The Kier molecular flexibility index (Phi) is 4.15. The zero-order valence-corrected chi connectivity index (χ0v) is 15.1. The van der Waals surface area contributed by atoms with Crippen molar-refractivity contribution in [2.75, 3.05) is 11.9 Å². The molecule has 2 aromatic heterocycles. The summed E-state index contributed by atoms with van der Waals surface area (Å²) in [6.07, 6.45) is 4.55. The molecule has 4 heteroatoms. The number of hydrogen-bond donors (Lipinski definition) is 1. The van der Waals surface area contributed by atoms with Gasteiger partial charge in [0.25, 0.3) is 0 Å². The summed E-state index contributed by atoms with van der Waals surface area (Å²) in [6.45, 7) is 5.38. The van der Waals surface area contributed by atoms with Crippen LogP contribution in [0.25, 0.3) is 16.3 Å². The lowest BCUT2D eigenvalue weighted by Gasteiger charge is -2.12. The Morgan fingerprint density at radius 1 is 1.25 bits per heavy atom. The van der Waals surface area contributed by atoms with Crippen LogP contribution in [0.15, 0.2) is 35.7 Å². The van der Waals surface area contributed by atoms with E-state index in [2.05, 4.69) is 59.6 Å². The third-order valence-corrected chi connectivity index (χ3v) is 5.75. The lowest BCUT2D eigenvalue weighted by Crippen LogP contribution is -2.08. The molecule has 1 aliphatic heterocycles. The number of anilines is 1. The maximum absolute atomic E-state index is 5.06. The monoisotopic (exact) mass is 337 g/mol. The highest BCUT2D eigenvalue weighted by Crippen LogP contribution is 2.37. The van der Waals surface area contributed by atoms with Crippen LogP contribution in [0, 0.1) is 6.92 Å². The largest absolute Gasteiger partial charge is 0.370 e. The van der Waals surface area contributed by atoms with E-state index >= 15 is 0 Å². The molecule has 0 saturated heterocycles. The normalized spacial score (nSPS) is 14.1. The van der Waals surface area contributed by atoms with Crippen molar-refractivity contribution >= 4 is 17.2 Å². The van der Waals surface area contributed by atoms with Crippen LogP contribution in [0.1, 0.15) is 36.5 Å². The molecule has 1 aliphatic rings. The molecule has 0 aliphatic carbocycles. The first-order chi connectivity index (χ1) is 11.8. The van der Waals surface area contributed by atoms with E-state index in [1.807, 2.05) is 0 Å². The molecular formula is C20H23N3S. The number of benzene rings is 1. The molecule has 0 unspecified atom stereocenters. The van der Waals surface area contributed by atoms with Gasteiger partial charge in [0.1, 0.15) is 11.5 Å². The molecule has 124 valence electrons. The molecule has 0 saturated carbocycles. The van der Waals surface area contributed by atoms with Crippen molar-refractivity contribution in [3.8, 4) is 16.3 Å². The average Bonchev–Trinajstić information content (AvgIpc) is 3.10. The third-order valence-electron chi connectivity index (χ3n) is 4.69. The topological polar surface area (TPSA) is 29.9 Å². The van der Waals surface area contributed by atoms with E-state index in [0.29, 0.717) is 0 Å². The van der Waals surface area contributed by atoms with E-state index < -0.39 is 0 Å². The second-order valence-electron chi connectivity index (χ2n) is 6.44. The Labute approximate surface area is 147 Å². The van der Waals surface area contributed by atoms with Crippen molar-refractivity contribution in [1.29, 1.82) is 0 Å². The first-order valence-electron chi connectivity index (χ1n) is 8.77. The number of fused-ring (bicyclic) bond motifs is 1. The van der Waals surface area contributed by atoms with E-state index in [1.165, 1.54) is 45.9 Å². The molecule has 0 bridgehead atoms. The summed E-state index contributed by atoms with van der Waals surface area (Å²) in [5.74, 6) is 1.19. The molecule has 1 aromatic carbocycles. The van der Waals surface area contributed by atoms with Crippen LogP contribution in [0.4, 0.5) is 5.82 Å². The summed E-state index contributed by atoms with van der Waals surface area (Å²) in [7, 11) is 0. The van der Waals surface area contributed by atoms with Crippen molar-refractivity contribution in [1.82, 2.24) is 9.78 Å². The van der Waals surface area contributed by atoms with E-state index in [-0.39, 0.29) is 0 Å². The standard InChI is InChI=1S/C20H23N3S/c1-3-15-8-4-5-10-17(15)23-20-16(9-6-7-11-21-20)19(22-23)18-12-14(2)13-24-18/h4-5,8,10,12-13,21H,3,6-7,9,11H2,1-2H3. The van der Waals surface area contributed by atoms with Gasteiger partial charge in [-0.05, 0) is 61.2 Å². The van der Waals surface area contributed by atoms with Crippen molar-refractivity contribution in [3.63, 3.8) is 0 Å². The van der Waals surface area contributed by atoms with Gasteiger partial charge in [0.05, 0.1) is 10.6 Å². The summed E-state index contributed by atoms with van der Waals surface area (Å²) in [5, 5.41) is 10.9. The van der Waals surface area contributed by atoms with Gasteiger partial charge in [-0.25, -0.2) is 4.68 Å². The minimum Gasteiger partial charge on any atom is -0.370 e. The van der Waals surface area contributed by atoms with Gasteiger partial charge in [-0.3, -0.25) is 0 Å². The highest BCUT2D eigenvalue weighted by atomic mass is 32.1. The van der Waals surface area contributed by atoms with Gasteiger partial charge in [-0.1, -0.05) is 25.1 Å². The Morgan fingerprint density at radius 3 is 2.92 bits per heavy atom. The van der Waals surface area contributed by atoms with Gasteiger partial charge in [0.15, 0.2) is 0 Å². The molecular weight excluding hydrogens is 314 g/mol. The number of aryl methyl sites for hydroxylation is 2. The number of para-hydroxylation sites is 1. The van der Waals surface area contributed by atoms with Crippen molar-refractivity contribution < 1.29 is 0 Å². The highest BCUT2D eigenvalue weighted by molar-refractivity contribution is 7.13. The lowest BCUT2D eigenvalue weighted by atomic mass is 10.1. The molecule has 1 N–H and O–H groups in total. The van der Waals surface area contributed by atoms with Crippen LogP contribution in [0.2, 0.25) is 0 Å². The second-order valence-corrected chi connectivity index (χ2v) is 7.35. The van der Waals surface area contributed by atoms with Crippen LogP contribution < -0.4 is 5.32 Å². The summed E-state index contributed by atoms with van der Waals surface area (Å²) < 4.78 is 2.14. The Morgan fingerprint density at radius 2 is 2.12 bits per heavy atom. The van der Waals surface area contributed by atoms with Crippen molar-refractivity contribution in [3.05, 3.63) is 52.4 Å². The fourth-order valence-electron chi connectivity index (χ4n) is 3.45. The molecule has 3 nitrogen and oxygen atoms in total. The Hall–Kier alpha value is -2.07.